The molecule has 0 spiro atoms. The molecule has 0 bridgehead atoms. The van der Waals surface area contributed by atoms with Gasteiger partial charge in [-0.15, -0.1) is 0 Å². The van der Waals surface area contributed by atoms with Gasteiger partial charge >= 0.3 is 5.97 Å². The summed E-state index contributed by atoms with van der Waals surface area (Å²) in [6.07, 6.45) is 3.51. The van der Waals surface area contributed by atoms with Gasteiger partial charge in [-0.1, -0.05) is 29.5 Å². The van der Waals surface area contributed by atoms with Crippen molar-refractivity contribution in [3.63, 3.8) is 0 Å². The van der Waals surface area contributed by atoms with Crippen molar-refractivity contribution in [2.75, 3.05) is 11.9 Å². The maximum Gasteiger partial charge on any atom is 0.350 e. The van der Waals surface area contributed by atoms with Crippen molar-refractivity contribution in [1.82, 2.24) is 9.55 Å². The smallest absolute Gasteiger partial charge is 0.350 e. The highest BCUT2D eigenvalue weighted by atomic mass is 32.1. The molecule has 1 amide bonds. The minimum Gasteiger partial charge on any atom is -0.462 e. The number of pyridine rings is 1. The van der Waals surface area contributed by atoms with Crippen LogP contribution in [0.3, 0.4) is 0 Å². The number of amides is 1. The van der Waals surface area contributed by atoms with E-state index in [0.717, 1.165) is 24.2 Å². The highest BCUT2D eigenvalue weighted by molar-refractivity contribution is 7.17. The number of thiazole rings is 1. The Balaban J connectivity index is 1.70. The number of hydrogen-bond acceptors (Lipinski definition) is 6. The Morgan fingerprint density at radius 2 is 2.00 bits per heavy atom. The number of fused-ring (bicyclic) bond motifs is 1. The Morgan fingerprint density at radius 3 is 2.68 bits per heavy atom. The molecular formula is C20H19N3O4S. The molecule has 4 rings (SSSR count). The quantitative estimate of drug-likeness (QED) is 0.665. The molecule has 7 nitrogen and oxygen atoms in total. The van der Waals surface area contributed by atoms with Gasteiger partial charge in [0.2, 0.25) is 0 Å². The molecule has 0 atom stereocenters. The molecule has 1 aliphatic carbocycles. The van der Waals surface area contributed by atoms with Crippen LogP contribution in [0.25, 0.3) is 10.8 Å². The number of aryl methyl sites for hydroxylation is 1. The number of hydrogen-bond donors (Lipinski definition) is 1. The molecule has 2 heterocycles. The minimum absolute atomic E-state index is 0.0793. The molecular weight excluding hydrogens is 378 g/mol. The molecule has 1 aliphatic rings. The predicted molar refractivity (Wildman–Crippen MR) is 107 cm³/mol. The third kappa shape index (κ3) is 3.31. The van der Waals surface area contributed by atoms with E-state index < -0.39 is 5.97 Å². The monoisotopic (exact) mass is 397 g/mol. The summed E-state index contributed by atoms with van der Waals surface area (Å²) in [7, 11) is 0. The molecule has 8 heteroatoms. The van der Waals surface area contributed by atoms with Gasteiger partial charge in [0.05, 0.1) is 17.9 Å². The molecule has 0 saturated heterocycles. The van der Waals surface area contributed by atoms with Crippen molar-refractivity contribution >= 4 is 39.1 Å². The fourth-order valence-corrected chi connectivity index (χ4v) is 3.97. The molecule has 3 aromatic rings. The van der Waals surface area contributed by atoms with Crippen molar-refractivity contribution < 1.29 is 14.3 Å². The van der Waals surface area contributed by atoms with Gasteiger partial charge in [-0.25, -0.2) is 9.78 Å². The van der Waals surface area contributed by atoms with Crippen LogP contribution in [0.1, 0.15) is 51.5 Å². The average molecular weight is 397 g/mol. The summed E-state index contributed by atoms with van der Waals surface area (Å²) >= 11 is 1.08. The highest BCUT2D eigenvalue weighted by Gasteiger charge is 2.27. The maximum atomic E-state index is 13.0. The number of carbonyl (C=O) groups excluding carboxylic acids is 2. The van der Waals surface area contributed by atoms with Crippen molar-refractivity contribution in [2.24, 2.45) is 0 Å². The molecule has 0 unspecified atom stereocenters. The standard InChI is InChI=1S/C20H19N3O4S/c1-3-27-19(26)16-11(2)21-20(28-16)22-17(24)15-10-23(12-8-9-12)18(25)14-7-5-4-6-13(14)15/h4-7,10,12H,3,8-9H2,1-2H3,(H,21,22,24). The fourth-order valence-electron chi connectivity index (χ4n) is 3.12. The zero-order valence-electron chi connectivity index (χ0n) is 15.5. The second kappa shape index (κ2) is 7.20. The number of nitrogens with one attached hydrogen (secondary N) is 1. The van der Waals surface area contributed by atoms with Gasteiger partial charge in [-0.05, 0) is 32.8 Å². The number of anilines is 1. The minimum atomic E-state index is -0.453. The molecule has 1 fully saturated rings. The lowest BCUT2D eigenvalue weighted by atomic mass is 10.1. The SMILES string of the molecule is CCOC(=O)c1sc(NC(=O)c2cn(C3CC3)c(=O)c3ccccc23)nc1C. The lowest BCUT2D eigenvalue weighted by molar-refractivity contribution is 0.0531. The van der Waals surface area contributed by atoms with E-state index in [2.05, 4.69) is 10.3 Å². The Morgan fingerprint density at radius 1 is 1.29 bits per heavy atom. The Labute approximate surface area is 165 Å². The van der Waals surface area contributed by atoms with Crippen molar-refractivity contribution in [3.8, 4) is 0 Å². The molecule has 1 N–H and O–H groups in total. The van der Waals surface area contributed by atoms with E-state index in [1.54, 1.807) is 48.9 Å². The van der Waals surface area contributed by atoms with E-state index in [-0.39, 0.29) is 24.1 Å². The van der Waals surface area contributed by atoms with Crippen molar-refractivity contribution in [3.05, 3.63) is 57.0 Å². The second-order valence-corrected chi connectivity index (χ2v) is 7.64. The Kier molecular flexibility index (Phi) is 4.72. The van der Waals surface area contributed by atoms with E-state index >= 15 is 0 Å². The van der Waals surface area contributed by atoms with Gasteiger partial charge in [-0.3, -0.25) is 14.9 Å². The first-order valence-corrected chi connectivity index (χ1v) is 9.91. The summed E-state index contributed by atoms with van der Waals surface area (Å²) in [5, 5.41) is 4.19. The lowest BCUT2D eigenvalue weighted by Crippen LogP contribution is -2.23. The third-order valence-corrected chi connectivity index (χ3v) is 5.67. The number of aromatic nitrogens is 2. The third-order valence-electron chi connectivity index (χ3n) is 4.61. The van der Waals surface area contributed by atoms with Crippen LogP contribution in [-0.2, 0) is 4.74 Å². The number of esters is 1. The predicted octanol–water partition coefficient (Wildman–Crippen LogP) is 3.53. The van der Waals surface area contributed by atoms with Crippen LogP contribution in [0.2, 0.25) is 0 Å². The first kappa shape index (κ1) is 18.4. The van der Waals surface area contributed by atoms with Gasteiger partial charge in [0.15, 0.2) is 5.13 Å². The number of carbonyl (C=O) groups is 2. The van der Waals surface area contributed by atoms with Crippen LogP contribution in [0.15, 0.2) is 35.3 Å². The number of ether oxygens (including phenoxy) is 1. The molecule has 1 aromatic carbocycles. The van der Waals surface area contributed by atoms with Gasteiger partial charge in [0, 0.05) is 23.0 Å². The Bertz CT molecular complexity index is 1140. The first-order valence-electron chi connectivity index (χ1n) is 9.09. The van der Waals surface area contributed by atoms with Crippen LogP contribution in [0, 0.1) is 6.92 Å². The fraction of sp³-hybridized carbons (Fsp3) is 0.300. The number of rotatable bonds is 5. The van der Waals surface area contributed by atoms with E-state index in [9.17, 15) is 14.4 Å². The van der Waals surface area contributed by atoms with E-state index in [0.29, 0.717) is 32.0 Å². The summed E-state index contributed by atoms with van der Waals surface area (Å²) in [6.45, 7) is 3.70. The zero-order valence-corrected chi connectivity index (χ0v) is 16.3. The van der Waals surface area contributed by atoms with Crippen LogP contribution >= 0.6 is 11.3 Å². The molecule has 0 radical (unpaired) electrons. The first-order chi connectivity index (χ1) is 13.5. The summed E-state index contributed by atoms with van der Waals surface area (Å²) in [5.74, 6) is -0.819. The maximum absolute atomic E-state index is 13.0. The largest absolute Gasteiger partial charge is 0.462 e. The molecule has 1 saturated carbocycles. The lowest BCUT2D eigenvalue weighted by Gasteiger charge is -2.11. The van der Waals surface area contributed by atoms with E-state index in [1.807, 2.05) is 0 Å². The summed E-state index contributed by atoms with van der Waals surface area (Å²) in [4.78, 5) is 42.3. The summed E-state index contributed by atoms with van der Waals surface area (Å²) < 4.78 is 6.66. The number of nitrogens with zero attached hydrogens (tertiary/aromatic N) is 2. The van der Waals surface area contributed by atoms with Crippen LogP contribution in [0.5, 0.6) is 0 Å². The van der Waals surface area contributed by atoms with Crippen LogP contribution < -0.4 is 10.9 Å². The molecule has 28 heavy (non-hydrogen) atoms. The number of benzene rings is 1. The van der Waals surface area contributed by atoms with E-state index in [1.165, 1.54) is 0 Å². The Hall–Kier alpha value is -3.00. The molecule has 144 valence electrons. The molecule has 0 aliphatic heterocycles. The van der Waals surface area contributed by atoms with Crippen molar-refractivity contribution in [1.29, 1.82) is 0 Å². The van der Waals surface area contributed by atoms with Gasteiger partial charge < -0.3 is 9.30 Å². The van der Waals surface area contributed by atoms with Gasteiger partial charge in [-0.2, -0.15) is 0 Å². The van der Waals surface area contributed by atoms with E-state index in [4.69, 9.17) is 4.74 Å². The highest BCUT2D eigenvalue weighted by Crippen LogP contribution is 2.34. The van der Waals surface area contributed by atoms with Gasteiger partial charge in [0.1, 0.15) is 4.88 Å². The normalized spacial score (nSPS) is 13.5. The zero-order chi connectivity index (χ0) is 19.8. The van der Waals surface area contributed by atoms with Crippen LogP contribution in [0.4, 0.5) is 5.13 Å². The molecule has 2 aromatic heterocycles. The second-order valence-electron chi connectivity index (χ2n) is 6.64. The average Bonchev–Trinajstić information content (AvgIpc) is 3.45. The topological polar surface area (TPSA) is 90.3 Å². The summed E-state index contributed by atoms with van der Waals surface area (Å²) in [5.41, 5.74) is 0.837. The van der Waals surface area contributed by atoms with Gasteiger partial charge in [0.25, 0.3) is 11.5 Å². The summed E-state index contributed by atoms with van der Waals surface area (Å²) in [6, 6.07) is 7.24. The van der Waals surface area contributed by atoms with Crippen molar-refractivity contribution in [2.45, 2.75) is 32.7 Å². The van der Waals surface area contributed by atoms with Crippen LogP contribution in [-0.4, -0.2) is 28.0 Å².